The van der Waals surface area contributed by atoms with Gasteiger partial charge in [-0.05, 0) is 68.3 Å². The Hall–Kier alpha value is -2.80. The van der Waals surface area contributed by atoms with Gasteiger partial charge in [-0.1, -0.05) is 15.9 Å². The summed E-state index contributed by atoms with van der Waals surface area (Å²) in [5.41, 5.74) is 1.33. The van der Waals surface area contributed by atoms with E-state index in [4.69, 9.17) is 9.15 Å². The molecule has 1 aliphatic rings. The van der Waals surface area contributed by atoms with Crippen LogP contribution in [-0.4, -0.2) is 42.5 Å². The molecule has 3 aromatic rings. The van der Waals surface area contributed by atoms with Gasteiger partial charge in [0.15, 0.2) is 5.76 Å². The van der Waals surface area contributed by atoms with Crippen LogP contribution in [0.2, 0.25) is 0 Å². The molecule has 1 saturated heterocycles. The molecule has 0 bridgehead atoms. The van der Waals surface area contributed by atoms with Crippen LogP contribution in [0.5, 0.6) is 5.75 Å². The van der Waals surface area contributed by atoms with Crippen LogP contribution in [-0.2, 0) is 0 Å². The molecular formula is C23H23BrN2O4. The molecule has 0 radical (unpaired) electrons. The highest BCUT2D eigenvalue weighted by Gasteiger charge is 2.25. The maximum Gasteiger partial charge on any atom is 0.287 e. The van der Waals surface area contributed by atoms with Gasteiger partial charge < -0.3 is 19.4 Å². The molecule has 30 heavy (non-hydrogen) atoms. The number of likely N-dealkylation sites (tertiary alicyclic amines) is 1. The average molecular weight is 471 g/mol. The number of benzene rings is 2. The number of nitrogens with one attached hydrogen (secondary N) is 1. The fourth-order valence-corrected chi connectivity index (χ4v) is 4.03. The number of halogens is 1. The average Bonchev–Trinajstić information content (AvgIpc) is 3.18. The number of nitrogens with zero attached hydrogens (tertiary/aromatic N) is 1. The molecule has 1 aromatic heterocycles. The van der Waals surface area contributed by atoms with E-state index in [1.165, 1.54) is 0 Å². The van der Waals surface area contributed by atoms with Gasteiger partial charge in [-0.3, -0.25) is 9.59 Å². The highest BCUT2D eigenvalue weighted by atomic mass is 79.9. The van der Waals surface area contributed by atoms with E-state index in [-0.39, 0.29) is 17.9 Å². The first-order chi connectivity index (χ1) is 14.5. The highest BCUT2D eigenvalue weighted by molar-refractivity contribution is 9.10. The lowest BCUT2D eigenvalue weighted by Gasteiger charge is -2.32. The van der Waals surface area contributed by atoms with E-state index in [1.807, 2.05) is 42.2 Å². The van der Waals surface area contributed by atoms with Crippen molar-refractivity contribution >= 4 is 38.7 Å². The van der Waals surface area contributed by atoms with Crippen molar-refractivity contribution in [3.8, 4) is 5.75 Å². The van der Waals surface area contributed by atoms with Crippen molar-refractivity contribution < 1.29 is 18.7 Å². The van der Waals surface area contributed by atoms with E-state index in [2.05, 4.69) is 21.2 Å². The van der Waals surface area contributed by atoms with Crippen molar-refractivity contribution in [1.82, 2.24) is 10.2 Å². The summed E-state index contributed by atoms with van der Waals surface area (Å²) < 4.78 is 12.0. The van der Waals surface area contributed by atoms with Crippen molar-refractivity contribution in [2.45, 2.75) is 25.8 Å². The first-order valence-corrected chi connectivity index (χ1v) is 10.8. The SMILES string of the molecule is CCOc1ccc(C(=O)N2CCC(NC(=O)c3cc4cc(Br)ccc4o3)CC2)cc1. The summed E-state index contributed by atoms with van der Waals surface area (Å²) in [7, 11) is 0. The lowest BCUT2D eigenvalue weighted by atomic mass is 10.0. The van der Waals surface area contributed by atoms with Crippen molar-refractivity contribution in [1.29, 1.82) is 0 Å². The molecule has 0 spiro atoms. The molecule has 156 valence electrons. The van der Waals surface area contributed by atoms with Crippen LogP contribution in [0.25, 0.3) is 11.0 Å². The zero-order valence-corrected chi connectivity index (χ0v) is 18.3. The van der Waals surface area contributed by atoms with Crippen LogP contribution in [0, 0.1) is 0 Å². The Bertz CT molecular complexity index is 1050. The zero-order valence-electron chi connectivity index (χ0n) is 16.7. The fourth-order valence-electron chi connectivity index (χ4n) is 3.65. The van der Waals surface area contributed by atoms with Crippen molar-refractivity contribution in [2.75, 3.05) is 19.7 Å². The van der Waals surface area contributed by atoms with Gasteiger partial charge in [0.25, 0.3) is 11.8 Å². The summed E-state index contributed by atoms with van der Waals surface area (Å²) >= 11 is 3.42. The minimum absolute atomic E-state index is 0.00526. The molecule has 4 rings (SSSR count). The Morgan fingerprint density at radius 3 is 2.57 bits per heavy atom. The summed E-state index contributed by atoms with van der Waals surface area (Å²) in [6.07, 6.45) is 1.42. The molecule has 1 aliphatic heterocycles. The highest BCUT2D eigenvalue weighted by Crippen LogP contribution is 2.24. The summed E-state index contributed by atoms with van der Waals surface area (Å²) in [5, 5.41) is 3.91. The minimum Gasteiger partial charge on any atom is -0.494 e. The molecule has 0 unspecified atom stereocenters. The third-order valence-electron chi connectivity index (χ3n) is 5.23. The Morgan fingerprint density at radius 2 is 1.87 bits per heavy atom. The number of amides is 2. The second kappa shape index (κ2) is 8.92. The molecule has 0 aliphatic carbocycles. The van der Waals surface area contributed by atoms with Crippen LogP contribution in [0.4, 0.5) is 0 Å². The third-order valence-corrected chi connectivity index (χ3v) is 5.73. The molecule has 0 atom stereocenters. The Labute approximate surface area is 183 Å². The second-order valence-electron chi connectivity index (χ2n) is 7.29. The minimum atomic E-state index is -0.224. The fraction of sp³-hybridized carbons (Fsp3) is 0.304. The predicted molar refractivity (Wildman–Crippen MR) is 118 cm³/mol. The van der Waals surface area contributed by atoms with E-state index < -0.39 is 0 Å². The smallest absolute Gasteiger partial charge is 0.287 e. The number of piperidine rings is 1. The number of carbonyl (C=O) groups is 2. The number of rotatable bonds is 5. The lowest BCUT2D eigenvalue weighted by Crippen LogP contribution is -2.46. The van der Waals surface area contributed by atoms with Crippen LogP contribution >= 0.6 is 15.9 Å². The predicted octanol–water partition coefficient (Wildman–Crippen LogP) is 4.63. The lowest BCUT2D eigenvalue weighted by molar-refractivity contribution is 0.0696. The number of fused-ring (bicyclic) bond motifs is 1. The Balaban J connectivity index is 1.32. The first kappa shape index (κ1) is 20.5. The normalized spacial score (nSPS) is 14.7. The number of ether oxygens (including phenoxy) is 1. The summed E-state index contributed by atoms with van der Waals surface area (Å²) in [6, 6.07) is 14.6. The van der Waals surface area contributed by atoms with Crippen LogP contribution < -0.4 is 10.1 Å². The molecule has 7 heteroatoms. The molecular weight excluding hydrogens is 448 g/mol. The number of carbonyl (C=O) groups excluding carboxylic acids is 2. The third kappa shape index (κ3) is 4.51. The monoisotopic (exact) mass is 470 g/mol. The molecule has 1 N–H and O–H groups in total. The summed E-state index contributed by atoms with van der Waals surface area (Å²) in [4.78, 5) is 27.1. The topological polar surface area (TPSA) is 71.8 Å². The maximum atomic E-state index is 12.7. The van der Waals surface area contributed by atoms with E-state index >= 15 is 0 Å². The second-order valence-corrected chi connectivity index (χ2v) is 8.21. The largest absolute Gasteiger partial charge is 0.494 e. The van der Waals surface area contributed by atoms with E-state index in [0.29, 0.717) is 49.4 Å². The maximum absolute atomic E-state index is 12.7. The number of hydrogen-bond donors (Lipinski definition) is 1. The number of furan rings is 1. The standard InChI is InChI=1S/C23H23BrN2O4/c1-2-29-19-6-3-15(4-7-19)23(28)26-11-9-18(10-12-26)25-22(27)21-14-16-13-17(24)5-8-20(16)30-21/h3-8,13-14,18H,2,9-12H2,1H3,(H,25,27). The van der Waals surface area contributed by atoms with Crippen LogP contribution in [0.3, 0.4) is 0 Å². The van der Waals surface area contributed by atoms with Gasteiger partial charge in [-0.2, -0.15) is 0 Å². The molecule has 2 heterocycles. The van der Waals surface area contributed by atoms with E-state index in [1.54, 1.807) is 18.2 Å². The van der Waals surface area contributed by atoms with Gasteiger partial charge in [0.1, 0.15) is 11.3 Å². The Morgan fingerprint density at radius 1 is 1.13 bits per heavy atom. The molecule has 6 nitrogen and oxygen atoms in total. The van der Waals surface area contributed by atoms with Crippen LogP contribution in [0.1, 0.15) is 40.7 Å². The summed E-state index contributed by atoms with van der Waals surface area (Å²) in [6.45, 7) is 3.72. The van der Waals surface area contributed by atoms with Gasteiger partial charge in [-0.25, -0.2) is 0 Å². The zero-order chi connectivity index (χ0) is 21.1. The Kier molecular flexibility index (Phi) is 6.08. The van der Waals surface area contributed by atoms with E-state index in [9.17, 15) is 9.59 Å². The van der Waals surface area contributed by atoms with E-state index in [0.717, 1.165) is 15.6 Å². The van der Waals surface area contributed by atoms with Gasteiger partial charge in [-0.15, -0.1) is 0 Å². The molecule has 2 amide bonds. The van der Waals surface area contributed by atoms with Gasteiger partial charge in [0.05, 0.1) is 6.61 Å². The van der Waals surface area contributed by atoms with Crippen LogP contribution in [0.15, 0.2) is 57.4 Å². The van der Waals surface area contributed by atoms with Crippen molar-refractivity contribution in [3.05, 3.63) is 64.3 Å². The first-order valence-electron chi connectivity index (χ1n) is 10.1. The van der Waals surface area contributed by atoms with Crippen molar-refractivity contribution in [2.24, 2.45) is 0 Å². The van der Waals surface area contributed by atoms with Crippen molar-refractivity contribution in [3.63, 3.8) is 0 Å². The molecule has 2 aromatic carbocycles. The summed E-state index contributed by atoms with van der Waals surface area (Å²) in [5.74, 6) is 0.841. The quantitative estimate of drug-likeness (QED) is 0.589. The number of hydrogen-bond acceptors (Lipinski definition) is 4. The van der Waals surface area contributed by atoms with Gasteiger partial charge in [0, 0.05) is 34.6 Å². The van der Waals surface area contributed by atoms with Gasteiger partial charge >= 0.3 is 0 Å². The molecule has 0 saturated carbocycles. The molecule has 1 fully saturated rings. The van der Waals surface area contributed by atoms with Gasteiger partial charge in [0.2, 0.25) is 0 Å².